The van der Waals surface area contributed by atoms with Crippen LogP contribution >= 0.6 is 11.6 Å². The molecule has 0 spiro atoms. The Bertz CT molecular complexity index is 1020. The molecular weight excluding hydrogens is 416 g/mol. The first kappa shape index (κ1) is 22.7. The summed E-state index contributed by atoms with van der Waals surface area (Å²) in [7, 11) is -2.52. The van der Waals surface area contributed by atoms with Crippen molar-refractivity contribution in [3.63, 3.8) is 0 Å². The number of anilines is 2. The number of sulfonamides is 1. The molecule has 1 unspecified atom stereocenters. The van der Waals surface area contributed by atoms with Crippen LogP contribution in [0.15, 0.2) is 42.5 Å². The van der Waals surface area contributed by atoms with E-state index in [1.807, 2.05) is 0 Å². The van der Waals surface area contributed by atoms with Gasteiger partial charge < -0.3 is 10.1 Å². The maximum absolute atomic E-state index is 12.9. The third kappa shape index (κ3) is 5.48. The number of carbonyl (C=O) groups is 2. The van der Waals surface area contributed by atoms with Gasteiger partial charge in [0.25, 0.3) is 0 Å². The first-order chi connectivity index (χ1) is 13.6. The Balaban J connectivity index is 2.38. The molecule has 0 saturated heterocycles. The predicted molar refractivity (Wildman–Crippen MR) is 114 cm³/mol. The van der Waals surface area contributed by atoms with Crippen LogP contribution in [0.4, 0.5) is 11.4 Å². The number of aryl methyl sites for hydroxylation is 1. The van der Waals surface area contributed by atoms with E-state index >= 15 is 0 Å². The van der Waals surface area contributed by atoms with Crippen molar-refractivity contribution in [1.82, 2.24) is 0 Å². The lowest BCUT2D eigenvalue weighted by molar-refractivity contribution is -0.117. The molecule has 2 aromatic rings. The van der Waals surface area contributed by atoms with E-state index in [0.29, 0.717) is 16.4 Å². The lowest BCUT2D eigenvalue weighted by atomic mass is 10.1. The van der Waals surface area contributed by atoms with Gasteiger partial charge in [0, 0.05) is 10.7 Å². The fourth-order valence-corrected chi connectivity index (χ4v) is 4.22. The van der Waals surface area contributed by atoms with Crippen molar-refractivity contribution in [2.45, 2.75) is 26.3 Å². The summed E-state index contributed by atoms with van der Waals surface area (Å²) in [6.45, 7) is 3.51. The molecule has 156 valence electrons. The standard InChI is InChI=1S/C20H23ClN2O5S/c1-5-18(19(24)22-15-8-6-7-14(11-15)20(25)28-3)23(29(4,26)27)16-10-9-13(2)17(21)12-16/h6-12,18H,5H2,1-4H3,(H,22,24). The fourth-order valence-electron chi connectivity index (χ4n) is 2.85. The molecule has 2 rings (SSSR count). The maximum atomic E-state index is 12.9. The van der Waals surface area contributed by atoms with Gasteiger partial charge in [-0.15, -0.1) is 0 Å². The van der Waals surface area contributed by atoms with Crippen LogP contribution in [-0.4, -0.2) is 39.7 Å². The highest BCUT2D eigenvalue weighted by atomic mass is 35.5. The average molecular weight is 439 g/mol. The zero-order valence-corrected chi connectivity index (χ0v) is 18.2. The summed E-state index contributed by atoms with van der Waals surface area (Å²) in [6.07, 6.45) is 1.26. The van der Waals surface area contributed by atoms with Gasteiger partial charge in [-0.3, -0.25) is 9.10 Å². The number of amides is 1. The molecule has 1 N–H and O–H groups in total. The Kier molecular flexibility index (Phi) is 7.26. The van der Waals surface area contributed by atoms with Crippen LogP contribution in [0.2, 0.25) is 5.02 Å². The number of methoxy groups -OCH3 is 1. The summed E-state index contributed by atoms with van der Waals surface area (Å²) in [4.78, 5) is 24.6. The molecule has 1 amide bonds. The van der Waals surface area contributed by atoms with Crippen molar-refractivity contribution in [2.24, 2.45) is 0 Å². The van der Waals surface area contributed by atoms with Gasteiger partial charge in [0.15, 0.2) is 0 Å². The summed E-state index contributed by atoms with van der Waals surface area (Å²) in [6, 6.07) is 10.0. The number of rotatable bonds is 7. The van der Waals surface area contributed by atoms with E-state index in [-0.39, 0.29) is 12.0 Å². The SMILES string of the molecule is CCC(C(=O)Nc1cccc(C(=O)OC)c1)N(c1ccc(C)c(Cl)c1)S(C)(=O)=O. The predicted octanol–water partition coefficient (Wildman–Crippen LogP) is 3.62. The molecule has 0 saturated carbocycles. The first-order valence-corrected chi connectivity index (χ1v) is 11.1. The summed E-state index contributed by atoms with van der Waals surface area (Å²) in [5.41, 5.74) is 1.71. The van der Waals surface area contributed by atoms with Crippen LogP contribution in [0.5, 0.6) is 0 Å². The lowest BCUT2D eigenvalue weighted by Gasteiger charge is -2.30. The minimum Gasteiger partial charge on any atom is -0.465 e. The van der Waals surface area contributed by atoms with Gasteiger partial charge in [-0.25, -0.2) is 13.2 Å². The van der Waals surface area contributed by atoms with Crippen LogP contribution in [-0.2, 0) is 19.6 Å². The fraction of sp³-hybridized carbons (Fsp3) is 0.300. The molecule has 0 aliphatic carbocycles. The van der Waals surface area contributed by atoms with E-state index in [9.17, 15) is 18.0 Å². The number of hydrogen-bond donors (Lipinski definition) is 1. The van der Waals surface area contributed by atoms with Crippen LogP contribution in [0.1, 0.15) is 29.3 Å². The van der Waals surface area contributed by atoms with Gasteiger partial charge in [0.1, 0.15) is 6.04 Å². The molecule has 0 bridgehead atoms. The minimum atomic E-state index is -3.78. The van der Waals surface area contributed by atoms with Crippen molar-refractivity contribution < 1.29 is 22.7 Å². The molecule has 7 nitrogen and oxygen atoms in total. The zero-order valence-electron chi connectivity index (χ0n) is 16.6. The van der Waals surface area contributed by atoms with Gasteiger partial charge in [0.05, 0.1) is 24.6 Å². The molecule has 0 fully saturated rings. The molecule has 0 aliphatic heterocycles. The second-order valence-electron chi connectivity index (χ2n) is 6.48. The smallest absolute Gasteiger partial charge is 0.337 e. The second kappa shape index (κ2) is 9.28. The topological polar surface area (TPSA) is 92.8 Å². The highest BCUT2D eigenvalue weighted by Gasteiger charge is 2.32. The Morgan fingerprint density at radius 3 is 2.45 bits per heavy atom. The van der Waals surface area contributed by atoms with Crippen molar-refractivity contribution in [3.8, 4) is 0 Å². The number of halogens is 1. The number of ether oxygens (including phenoxy) is 1. The zero-order chi connectivity index (χ0) is 21.8. The van der Waals surface area contributed by atoms with Gasteiger partial charge in [0.2, 0.25) is 15.9 Å². The van der Waals surface area contributed by atoms with Crippen LogP contribution < -0.4 is 9.62 Å². The molecule has 0 aliphatic rings. The van der Waals surface area contributed by atoms with Gasteiger partial charge in [-0.05, 0) is 49.2 Å². The molecule has 9 heteroatoms. The molecule has 29 heavy (non-hydrogen) atoms. The number of carbonyl (C=O) groups excluding carboxylic acids is 2. The Labute approximate surface area is 175 Å². The Morgan fingerprint density at radius 1 is 1.21 bits per heavy atom. The average Bonchev–Trinajstić information content (AvgIpc) is 2.66. The van der Waals surface area contributed by atoms with Crippen LogP contribution in [0, 0.1) is 6.92 Å². The number of benzene rings is 2. The van der Waals surface area contributed by atoms with E-state index in [4.69, 9.17) is 11.6 Å². The van der Waals surface area contributed by atoms with E-state index in [1.54, 1.807) is 44.2 Å². The summed E-state index contributed by atoms with van der Waals surface area (Å²) >= 11 is 6.16. The number of hydrogen-bond acceptors (Lipinski definition) is 5. The molecule has 0 radical (unpaired) electrons. The van der Waals surface area contributed by atoms with Crippen LogP contribution in [0.3, 0.4) is 0 Å². The largest absolute Gasteiger partial charge is 0.465 e. The summed E-state index contributed by atoms with van der Waals surface area (Å²) in [5.74, 6) is -1.07. The van der Waals surface area contributed by atoms with Crippen molar-refractivity contribution in [3.05, 3.63) is 58.6 Å². The highest BCUT2D eigenvalue weighted by molar-refractivity contribution is 7.92. The normalized spacial score (nSPS) is 12.2. The number of nitrogens with zero attached hydrogens (tertiary/aromatic N) is 1. The monoisotopic (exact) mass is 438 g/mol. The van der Waals surface area contributed by atoms with E-state index in [1.165, 1.54) is 19.2 Å². The molecule has 0 heterocycles. The number of nitrogens with one attached hydrogen (secondary N) is 1. The maximum Gasteiger partial charge on any atom is 0.337 e. The quantitative estimate of drug-likeness (QED) is 0.666. The third-order valence-electron chi connectivity index (χ3n) is 4.29. The third-order valence-corrected chi connectivity index (χ3v) is 5.88. The van der Waals surface area contributed by atoms with Gasteiger partial charge >= 0.3 is 5.97 Å². The minimum absolute atomic E-state index is 0.223. The Morgan fingerprint density at radius 2 is 1.90 bits per heavy atom. The molecule has 0 aromatic heterocycles. The van der Waals surface area contributed by atoms with Gasteiger partial charge in [-0.2, -0.15) is 0 Å². The highest BCUT2D eigenvalue weighted by Crippen LogP contribution is 2.28. The molecular formula is C20H23ClN2O5S. The Hall–Kier alpha value is -2.58. The van der Waals surface area contributed by atoms with Crippen LogP contribution in [0.25, 0.3) is 0 Å². The second-order valence-corrected chi connectivity index (χ2v) is 8.74. The van der Waals surface area contributed by atoms with Crippen molar-refractivity contribution in [2.75, 3.05) is 23.0 Å². The van der Waals surface area contributed by atoms with E-state index in [0.717, 1.165) is 16.1 Å². The summed E-state index contributed by atoms with van der Waals surface area (Å²) < 4.78 is 30.7. The van der Waals surface area contributed by atoms with Crippen molar-refractivity contribution >= 4 is 44.9 Å². The van der Waals surface area contributed by atoms with Crippen molar-refractivity contribution in [1.29, 1.82) is 0 Å². The molecule has 2 aromatic carbocycles. The lowest BCUT2D eigenvalue weighted by Crippen LogP contribution is -2.47. The first-order valence-electron chi connectivity index (χ1n) is 8.83. The van der Waals surface area contributed by atoms with Gasteiger partial charge in [-0.1, -0.05) is 30.7 Å². The number of esters is 1. The van der Waals surface area contributed by atoms with E-state index in [2.05, 4.69) is 10.1 Å². The van der Waals surface area contributed by atoms with E-state index < -0.39 is 27.9 Å². The molecule has 1 atom stereocenters. The summed E-state index contributed by atoms with van der Waals surface area (Å²) in [5, 5.41) is 3.07.